The van der Waals surface area contributed by atoms with Gasteiger partial charge in [-0.15, -0.1) is 0 Å². The zero-order valence-electron chi connectivity index (χ0n) is 22.1. The molecule has 0 spiro atoms. The van der Waals surface area contributed by atoms with Crippen LogP contribution in [0.4, 0.5) is 11.4 Å². The molecule has 0 amide bonds. The van der Waals surface area contributed by atoms with E-state index in [1.807, 2.05) is 115 Å². The first kappa shape index (κ1) is 25.9. The van der Waals surface area contributed by atoms with Gasteiger partial charge in [0.2, 0.25) is 0 Å². The molecule has 4 aromatic rings. The van der Waals surface area contributed by atoms with Crippen LogP contribution < -0.4 is 19.7 Å². The van der Waals surface area contributed by atoms with Crippen molar-refractivity contribution in [3.05, 3.63) is 143 Å². The molecule has 6 nitrogen and oxygen atoms in total. The maximum Gasteiger partial charge on any atom is 0.137 e. The number of hydrogen-bond acceptors (Lipinski definition) is 6. The number of nitriles is 2. The van der Waals surface area contributed by atoms with Gasteiger partial charge < -0.3 is 14.8 Å². The Kier molecular flexibility index (Phi) is 7.62. The smallest absolute Gasteiger partial charge is 0.137 e. The molecule has 0 bridgehead atoms. The van der Waals surface area contributed by atoms with Crippen LogP contribution in [0.5, 0.6) is 11.5 Å². The molecule has 1 N–H and O–H groups in total. The fraction of sp³-hybridized carbons (Fsp3) is 0.0588. The monoisotopic (exact) mass is 522 g/mol. The average Bonchev–Trinajstić information content (AvgIpc) is 3.02. The summed E-state index contributed by atoms with van der Waals surface area (Å²) in [6.45, 7) is 0. The van der Waals surface area contributed by atoms with Crippen molar-refractivity contribution < 1.29 is 9.47 Å². The fourth-order valence-corrected chi connectivity index (χ4v) is 4.66. The van der Waals surface area contributed by atoms with Crippen LogP contribution in [0.1, 0.15) is 11.1 Å². The van der Waals surface area contributed by atoms with E-state index in [4.69, 9.17) is 9.47 Å². The number of allylic oxidation sites excluding steroid dienone is 4. The van der Waals surface area contributed by atoms with E-state index < -0.39 is 0 Å². The Morgan fingerprint density at radius 3 is 1.73 bits per heavy atom. The highest BCUT2D eigenvalue weighted by molar-refractivity contribution is 6.08. The zero-order chi connectivity index (χ0) is 27.9. The minimum Gasteiger partial charge on any atom is -0.497 e. The minimum atomic E-state index is 0.0238. The maximum atomic E-state index is 10.0. The molecule has 0 radical (unpaired) electrons. The predicted octanol–water partition coefficient (Wildman–Crippen LogP) is 7.39. The quantitative estimate of drug-likeness (QED) is 0.255. The van der Waals surface area contributed by atoms with Crippen LogP contribution in [0.2, 0.25) is 0 Å². The van der Waals surface area contributed by atoms with Crippen LogP contribution >= 0.6 is 0 Å². The van der Waals surface area contributed by atoms with Crippen LogP contribution in [-0.4, -0.2) is 14.2 Å². The number of benzene rings is 4. The summed E-state index contributed by atoms with van der Waals surface area (Å²) < 4.78 is 10.8. The standard InChI is InChI=1S/C34H26N4O2/c1-39-29-17-13-27(14-18-29)37-32-21-31(26(22-35)23-36)33(24-9-5-3-6-10-24)34(25-11-7-4-8-12-25)38(32)28-15-19-30(40-2)20-16-28/h3-21,37H,1-2H3. The first-order valence-electron chi connectivity index (χ1n) is 12.6. The molecular formula is C34H26N4O2. The summed E-state index contributed by atoms with van der Waals surface area (Å²) in [7, 11) is 3.26. The molecule has 0 aliphatic carbocycles. The van der Waals surface area contributed by atoms with Crippen molar-refractivity contribution in [2.45, 2.75) is 0 Å². The van der Waals surface area contributed by atoms with Crippen LogP contribution in [0.3, 0.4) is 0 Å². The Morgan fingerprint density at radius 1 is 0.675 bits per heavy atom. The lowest BCUT2D eigenvalue weighted by atomic mass is 9.87. The molecule has 1 aliphatic heterocycles. The first-order chi connectivity index (χ1) is 19.7. The summed E-state index contributed by atoms with van der Waals surface area (Å²) in [5.41, 5.74) is 5.66. The van der Waals surface area contributed by atoms with Gasteiger partial charge in [0.15, 0.2) is 0 Å². The molecule has 6 heteroatoms. The highest BCUT2D eigenvalue weighted by Crippen LogP contribution is 2.45. The molecule has 5 rings (SSSR count). The van der Waals surface area contributed by atoms with Crippen LogP contribution in [0.15, 0.2) is 132 Å². The molecule has 0 saturated carbocycles. The van der Waals surface area contributed by atoms with Crippen molar-refractivity contribution in [1.29, 1.82) is 10.5 Å². The Hall–Kier alpha value is -5.72. The predicted molar refractivity (Wildman–Crippen MR) is 158 cm³/mol. The van der Waals surface area contributed by atoms with E-state index in [1.54, 1.807) is 14.2 Å². The lowest BCUT2D eigenvalue weighted by Crippen LogP contribution is -2.30. The topological polar surface area (TPSA) is 81.3 Å². The summed E-state index contributed by atoms with van der Waals surface area (Å²) in [5, 5.41) is 23.6. The molecule has 40 heavy (non-hydrogen) atoms. The maximum absolute atomic E-state index is 10.0. The second kappa shape index (κ2) is 11.8. The van der Waals surface area contributed by atoms with Crippen molar-refractivity contribution in [1.82, 2.24) is 0 Å². The third-order valence-corrected chi connectivity index (χ3v) is 6.55. The SMILES string of the molecule is COc1ccc(NC2=CC(=C(C#N)C#N)C(c3ccccc3)=C(c3ccccc3)N2c2ccc(OC)cc2)cc1. The normalized spacial score (nSPS) is 12.7. The third kappa shape index (κ3) is 5.15. The van der Waals surface area contributed by atoms with Crippen molar-refractivity contribution in [2.75, 3.05) is 24.4 Å². The summed E-state index contributed by atoms with van der Waals surface area (Å²) in [5.74, 6) is 2.15. The third-order valence-electron chi connectivity index (χ3n) is 6.55. The van der Waals surface area contributed by atoms with Gasteiger partial charge in [-0.05, 0) is 65.7 Å². The summed E-state index contributed by atoms with van der Waals surface area (Å²) in [6.07, 6.45) is 1.87. The molecule has 0 atom stereocenters. The number of anilines is 2. The highest BCUT2D eigenvalue weighted by Gasteiger charge is 2.31. The van der Waals surface area contributed by atoms with E-state index in [0.29, 0.717) is 11.4 Å². The van der Waals surface area contributed by atoms with E-state index >= 15 is 0 Å². The Bertz CT molecular complexity index is 1660. The molecule has 0 aromatic heterocycles. The largest absolute Gasteiger partial charge is 0.497 e. The van der Waals surface area contributed by atoms with Crippen molar-refractivity contribution in [3.8, 4) is 23.6 Å². The minimum absolute atomic E-state index is 0.0238. The van der Waals surface area contributed by atoms with E-state index in [9.17, 15) is 10.5 Å². The fourth-order valence-electron chi connectivity index (χ4n) is 4.66. The van der Waals surface area contributed by atoms with Crippen LogP contribution in [0.25, 0.3) is 11.3 Å². The first-order valence-corrected chi connectivity index (χ1v) is 12.6. The molecule has 0 saturated heterocycles. The van der Waals surface area contributed by atoms with Crippen molar-refractivity contribution >= 4 is 22.6 Å². The zero-order valence-corrected chi connectivity index (χ0v) is 22.1. The van der Waals surface area contributed by atoms with Crippen molar-refractivity contribution in [2.24, 2.45) is 0 Å². The van der Waals surface area contributed by atoms with Gasteiger partial charge in [0.1, 0.15) is 35.0 Å². The number of methoxy groups -OCH3 is 2. The molecule has 1 aliphatic rings. The molecular weight excluding hydrogens is 496 g/mol. The van der Waals surface area contributed by atoms with E-state index in [-0.39, 0.29) is 5.57 Å². The van der Waals surface area contributed by atoms with Gasteiger partial charge in [0.05, 0.1) is 19.9 Å². The van der Waals surface area contributed by atoms with Gasteiger partial charge in [-0.3, -0.25) is 4.90 Å². The molecule has 0 fully saturated rings. The van der Waals surface area contributed by atoms with E-state index in [0.717, 1.165) is 45.3 Å². The van der Waals surface area contributed by atoms with Gasteiger partial charge in [-0.2, -0.15) is 10.5 Å². The summed E-state index contributed by atoms with van der Waals surface area (Å²) in [6, 6.07) is 39.4. The van der Waals surface area contributed by atoms with Gasteiger partial charge in [0.25, 0.3) is 0 Å². The highest BCUT2D eigenvalue weighted by atomic mass is 16.5. The van der Waals surface area contributed by atoms with Gasteiger partial charge in [-0.1, -0.05) is 60.7 Å². The molecule has 194 valence electrons. The number of nitrogens with one attached hydrogen (secondary N) is 1. The second-order valence-electron chi connectivity index (χ2n) is 8.88. The average molecular weight is 523 g/mol. The number of nitrogens with zero attached hydrogens (tertiary/aromatic N) is 3. The van der Waals surface area contributed by atoms with Gasteiger partial charge >= 0.3 is 0 Å². The van der Waals surface area contributed by atoms with Crippen molar-refractivity contribution in [3.63, 3.8) is 0 Å². The van der Waals surface area contributed by atoms with Crippen LogP contribution in [-0.2, 0) is 0 Å². The second-order valence-corrected chi connectivity index (χ2v) is 8.88. The molecule has 4 aromatic carbocycles. The molecule has 1 heterocycles. The Balaban J connectivity index is 1.84. The number of ether oxygens (including phenoxy) is 2. The molecule has 0 unspecified atom stereocenters. The van der Waals surface area contributed by atoms with Gasteiger partial charge in [-0.25, -0.2) is 0 Å². The Morgan fingerprint density at radius 2 is 1.20 bits per heavy atom. The van der Waals surface area contributed by atoms with Gasteiger partial charge in [0, 0.05) is 22.5 Å². The number of hydrogen-bond donors (Lipinski definition) is 1. The van der Waals surface area contributed by atoms with E-state index in [2.05, 4.69) is 22.4 Å². The lowest BCUT2D eigenvalue weighted by Gasteiger charge is -2.37. The van der Waals surface area contributed by atoms with E-state index in [1.165, 1.54) is 0 Å². The Labute approximate surface area is 233 Å². The van der Waals surface area contributed by atoms with Crippen LogP contribution in [0, 0.1) is 22.7 Å². The summed E-state index contributed by atoms with van der Waals surface area (Å²) >= 11 is 0. The lowest BCUT2D eigenvalue weighted by molar-refractivity contribution is 0.415. The number of rotatable bonds is 7. The summed E-state index contributed by atoms with van der Waals surface area (Å²) in [4.78, 5) is 2.11.